The molecule has 0 fully saturated rings. The summed E-state index contributed by atoms with van der Waals surface area (Å²) in [5.74, 6) is -5.61. The standard InChI is InChI=1S/C59H66N22O11S/c1-74-25-32(18-40(74)49(61)84)67-47(82)9-12-64-53(87)42-21-36(29-76(42)3)71-57(91)46-24-37(30-80(46)7)72-56(90)45-23-34(27-79(45)6)69-51(85)39(60)8-11-63-52(86)41-20-35(28-75(41)2)70-55(89)44-19-33(26-78(44)5)68-48(83)10-13-65-54(88)43-22-38(31-77(43)4)73-58(92)50-62-14-16-81(50)59-66-15-17-93-59/h14-31,39H,8-13,60H2,1-7H3,(H2,61,84)(H,63,86)(H,64,87)(H,65,88)(H,67,82)(H,68,83)(H,69,85)(H,70,89)(H,71,91)(H,72,90)(H,73,92)/t39-/m1/s1. The molecule has 9 rings (SSSR count). The maximum absolute atomic E-state index is 13.5. The van der Waals surface area contributed by atoms with Crippen LogP contribution < -0.4 is 64.6 Å². The van der Waals surface area contributed by atoms with Crippen LogP contribution in [0.2, 0.25) is 0 Å². The van der Waals surface area contributed by atoms with Gasteiger partial charge < -0.3 is 96.6 Å². The smallest absolute Gasteiger partial charge is 0.292 e. The van der Waals surface area contributed by atoms with Crippen molar-refractivity contribution in [3.63, 3.8) is 0 Å². The van der Waals surface area contributed by atoms with E-state index < -0.39 is 71.0 Å². The van der Waals surface area contributed by atoms with Gasteiger partial charge in [0, 0.05) is 149 Å². The van der Waals surface area contributed by atoms with Crippen LogP contribution in [0.4, 0.5) is 39.8 Å². The lowest BCUT2D eigenvalue weighted by Crippen LogP contribution is -2.39. The van der Waals surface area contributed by atoms with E-state index in [0.29, 0.717) is 33.6 Å². The molecule has 484 valence electrons. The summed E-state index contributed by atoms with van der Waals surface area (Å²) >= 11 is 1.34. The highest BCUT2D eigenvalue weighted by Crippen LogP contribution is 2.23. The number of nitrogens with two attached hydrogens (primary N) is 2. The fourth-order valence-corrected chi connectivity index (χ4v) is 10.4. The quantitative estimate of drug-likeness (QED) is 0.0371. The zero-order chi connectivity index (χ0) is 66.9. The summed E-state index contributed by atoms with van der Waals surface area (Å²) in [6.45, 7) is -0.0335. The van der Waals surface area contributed by atoms with Crippen molar-refractivity contribution in [3.8, 4) is 5.13 Å². The lowest BCUT2D eigenvalue weighted by molar-refractivity contribution is -0.118. The van der Waals surface area contributed by atoms with Gasteiger partial charge in [0.05, 0.1) is 45.9 Å². The van der Waals surface area contributed by atoms with Gasteiger partial charge in [0.2, 0.25) is 23.5 Å². The Hall–Kier alpha value is -12.1. The molecule has 0 radical (unpaired) electrons. The third-order valence-electron chi connectivity index (χ3n) is 14.4. The number of nitrogens with zero attached hydrogens (tertiary/aromatic N) is 10. The summed E-state index contributed by atoms with van der Waals surface area (Å²) < 4.78 is 12.1. The Bertz CT molecular complexity index is 4390. The molecule has 0 spiro atoms. The molecule has 33 nitrogen and oxygen atoms in total. The first-order valence-corrected chi connectivity index (χ1v) is 29.3. The molecule has 1 atom stereocenters. The topological polar surface area (TPSA) is 425 Å². The van der Waals surface area contributed by atoms with E-state index in [-0.39, 0.29) is 96.0 Å². The minimum Gasteiger partial charge on any atom is -0.364 e. The van der Waals surface area contributed by atoms with Crippen molar-refractivity contribution in [2.45, 2.75) is 25.3 Å². The van der Waals surface area contributed by atoms with Crippen LogP contribution >= 0.6 is 11.3 Å². The van der Waals surface area contributed by atoms with Crippen molar-refractivity contribution in [2.24, 2.45) is 60.8 Å². The van der Waals surface area contributed by atoms with Gasteiger partial charge in [-0.15, -0.1) is 11.3 Å². The Morgan fingerprint density at radius 3 is 1.12 bits per heavy atom. The molecule has 9 heterocycles. The Balaban J connectivity index is 0.673. The Morgan fingerprint density at radius 1 is 0.419 bits per heavy atom. The van der Waals surface area contributed by atoms with Crippen molar-refractivity contribution in [3.05, 3.63) is 155 Å². The Labute approximate surface area is 532 Å². The molecule has 14 N–H and O–H groups in total. The first kappa shape index (κ1) is 65.4. The van der Waals surface area contributed by atoms with Crippen LogP contribution in [-0.4, -0.2) is 137 Å². The van der Waals surface area contributed by atoms with Gasteiger partial charge in [0.15, 0.2) is 5.13 Å². The van der Waals surface area contributed by atoms with E-state index in [1.165, 1.54) is 123 Å². The molecule has 9 aromatic rings. The van der Waals surface area contributed by atoms with Crippen LogP contribution in [0.15, 0.2) is 110 Å². The molecule has 0 aliphatic rings. The monoisotopic (exact) mass is 1290 g/mol. The summed E-state index contributed by atoms with van der Waals surface area (Å²) in [7, 11) is 11.3. The van der Waals surface area contributed by atoms with Crippen LogP contribution in [-0.2, 0) is 63.7 Å². The molecule has 9 aromatic heterocycles. The Kier molecular flexibility index (Phi) is 19.8. The van der Waals surface area contributed by atoms with Gasteiger partial charge in [0.1, 0.15) is 39.9 Å². The van der Waals surface area contributed by atoms with E-state index >= 15 is 0 Å². The fourth-order valence-electron chi connectivity index (χ4n) is 9.77. The molecule has 0 aliphatic heterocycles. The number of aryl methyl sites for hydroxylation is 7. The first-order valence-electron chi connectivity index (χ1n) is 28.4. The number of rotatable bonds is 26. The average molecular weight is 1290 g/mol. The van der Waals surface area contributed by atoms with E-state index in [0.717, 1.165) is 0 Å². The van der Waals surface area contributed by atoms with Gasteiger partial charge in [-0.2, -0.15) is 0 Å². The van der Waals surface area contributed by atoms with Gasteiger partial charge in [-0.1, -0.05) is 0 Å². The SMILES string of the molecule is Cn1cc(NC(=O)CCNC(=O)c2cc(NC(=O)c3cc(NC(=O)c4cc(NC(=O)[C@H](N)CCNC(=O)c5cc(NC(=O)c6cc(NC(=O)CCNC(=O)c7cc(NC(=O)c8nccn8-c8nccs8)cn7C)cn6C)cn5C)cn4C)cn3C)cn2C)cc1C(N)=O. The molecule has 0 unspecified atom stereocenters. The van der Waals surface area contributed by atoms with Crippen LogP contribution in [0.5, 0.6) is 0 Å². The summed E-state index contributed by atoms with van der Waals surface area (Å²) in [4.78, 5) is 151. The predicted molar refractivity (Wildman–Crippen MR) is 342 cm³/mol. The molecule has 93 heavy (non-hydrogen) atoms. The number of carbonyl (C=O) groups is 11. The summed E-state index contributed by atoms with van der Waals surface area (Å²) in [5, 5.41) is 29.5. The lowest BCUT2D eigenvalue weighted by Gasteiger charge is -2.12. The lowest BCUT2D eigenvalue weighted by atomic mass is 10.2. The summed E-state index contributed by atoms with van der Waals surface area (Å²) in [5.41, 5.74) is 15.1. The van der Waals surface area contributed by atoms with E-state index in [1.807, 2.05) is 0 Å². The van der Waals surface area contributed by atoms with Crippen molar-refractivity contribution in [2.75, 3.05) is 56.9 Å². The first-order chi connectivity index (χ1) is 44.3. The fraction of sp³-hybridized carbons (Fsp3) is 0.237. The number of hydrogen-bond donors (Lipinski definition) is 12. The molecule has 0 aromatic carbocycles. The molecule has 0 saturated carbocycles. The minimum atomic E-state index is -1.08. The minimum absolute atomic E-state index is 0.00438. The van der Waals surface area contributed by atoms with Crippen molar-refractivity contribution >= 4 is 116 Å². The van der Waals surface area contributed by atoms with Crippen molar-refractivity contribution in [1.82, 2.24) is 62.5 Å². The maximum Gasteiger partial charge on any atom is 0.292 e. The highest BCUT2D eigenvalue weighted by Gasteiger charge is 2.24. The van der Waals surface area contributed by atoms with E-state index in [4.69, 9.17) is 11.5 Å². The van der Waals surface area contributed by atoms with E-state index in [9.17, 15) is 52.7 Å². The molecule has 0 saturated heterocycles. The van der Waals surface area contributed by atoms with Crippen LogP contribution in [0.3, 0.4) is 0 Å². The third kappa shape index (κ3) is 15.9. The Morgan fingerprint density at radius 2 is 0.753 bits per heavy atom. The molecular weight excluding hydrogens is 1220 g/mol. The molecule has 11 amide bonds. The van der Waals surface area contributed by atoms with Gasteiger partial charge >= 0.3 is 0 Å². The van der Waals surface area contributed by atoms with Gasteiger partial charge in [-0.25, -0.2) is 9.97 Å². The van der Waals surface area contributed by atoms with Crippen LogP contribution in [0.25, 0.3) is 5.13 Å². The van der Waals surface area contributed by atoms with Gasteiger partial charge in [-0.3, -0.25) is 57.3 Å². The number of hydrogen-bond acceptors (Lipinski definition) is 15. The van der Waals surface area contributed by atoms with Crippen molar-refractivity contribution in [1.29, 1.82) is 0 Å². The molecule has 34 heteroatoms. The maximum atomic E-state index is 13.5. The number of aromatic nitrogens is 10. The summed E-state index contributed by atoms with van der Waals surface area (Å²) in [6, 6.07) is 9.15. The normalized spacial score (nSPS) is 11.3. The van der Waals surface area contributed by atoms with Crippen LogP contribution in [0.1, 0.15) is 103 Å². The number of primary amides is 1. The second-order valence-corrected chi connectivity index (χ2v) is 22.3. The zero-order valence-corrected chi connectivity index (χ0v) is 52.1. The largest absolute Gasteiger partial charge is 0.364 e. The molecule has 0 aliphatic carbocycles. The third-order valence-corrected chi connectivity index (χ3v) is 15.1. The number of amides is 11. The van der Waals surface area contributed by atoms with Crippen molar-refractivity contribution < 1.29 is 52.7 Å². The highest BCUT2D eigenvalue weighted by molar-refractivity contribution is 7.12. The molecular formula is C59H66N22O11S. The zero-order valence-electron chi connectivity index (χ0n) is 51.2. The van der Waals surface area contributed by atoms with E-state index in [2.05, 4.69) is 63.1 Å². The second-order valence-electron chi connectivity index (χ2n) is 21.4. The second kappa shape index (κ2) is 28.2. The van der Waals surface area contributed by atoms with Gasteiger partial charge in [-0.05, 0) is 48.9 Å². The number of imidazole rings is 1. The highest BCUT2D eigenvalue weighted by atomic mass is 32.1. The number of nitrogens with one attached hydrogen (secondary N) is 10. The number of anilines is 7. The van der Waals surface area contributed by atoms with E-state index in [1.54, 1.807) is 84.1 Å². The predicted octanol–water partition coefficient (Wildman–Crippen LogP) is 2.41. The molecule has 0 bridgehead atoms. The summed E-state index contributed by atoms with van der Waals surface area (Å²) in [6.07, 6.45) is 15.3. The van der Waals surface area contributed by atoms with Gasteiger partial charge in [0.25, 0.3) is 47.3 Å². The van der Waals surface area contributed by atoms with Crippen LogP contribution in [0, 0.1) is 0 Å². The number of carbonyl (C=O) groups excluding carboxylic acids is 11. The average Bonchev–Trinajstić information content (AvgIpc) is 1.92. The number of thiazole rings is 1.